The summed E-state index contributed by atoms with van der Waals surface area (Å²) in [6.45, 7) is 2.94. The summed E-state index contributed by atoms with van der Waals surface area (Å²) in [6, 6.07) is 10.1. The van der Waals surface area contributed by atoms with Crippen molar-refractivity contribution >= 4 is 33.0 Å². The van der Waals surface area contributed by atoms with Crippen molar-refractivity contribution in [3.63, 3.8) is 0 Å². The number of halogens is 2. The van der Waals surface area contributed by atoms with Gasteiger partial charge in [-0.15, -0.1) is 0 Å². The molecule has 1 aliphatic rings. The Morgan fingerprint density at radius 2 is 1.74 bits per heavy atom. The number of benzene rings is 2. The SMILES string of the molecule is Cc1ccccc1NC(=S)N1CCN(S(=O)(=O)c2cc(F)ccc2F)CC1. The highest BCUT2D eigenvalue weighted by atomic mass is 32.2. The molecular formula is C18H19F2N3O2S2. The van der Waals surface area contributed by atoms with Crippen LogP contribution >= 0.6 is 12.2 Å². The van der Waals surface area contributed by atoms with Crippen molar-refractivity contribution < 1.29 is 17.2 Å². The molecule has 1 saturated heterocycles. The lowest BCUT2D eigenvalue weighted by Gasteiger charge is -2.35. The highest BCUT2D eigenvalue weighted by Gasteiger charge is 2.31. The number of hydrogen-bond donors (Lipinski definition) is 1. The number of para-hydroxylation sites is 1. The second kappa shape index (κ2) is 7.87. The van der Waals surface area contributed by atoms with Crippen molar-refractivity contribution in [2.45, 2.75) is 11.8 Å². The first-order valence-electron chi connectivity index (χ1n) is 8.36. The minimum absolute atomic E-state index is 0.133. The van der Waals surface area contributed by atoms with Gasteiger partial charge in [0.05, 0.1) is 0 Å². The number of anilines is 1. The number of sulfonamides is 1. The number of thiocarbonyl (C=S) groups is 1. The summed E-state index contributed by atoms with van der Waals surface area (Å²) in [6.07, 6.45) is 0. The molecule has 1 aliphatic heterocycles. The lowest BCUT2D eigenvalue weighted by Crippen LogP contribution is -2.51. The number of hydrogen-bond acceptors (Lipinski definition) is 3. The van der Waals surface area contributed by atoms with Gasteiger partial charge < -0.3 is 10.2 Å². The summed E-state index contributed by atoms with van der Waals surface area (Å²) in [5.41, 5.74) is 1.93. The van der Waals surface area contributed by atoms with E-state index >= 15 is 0 Å². The normalized spacial score (nSPS) is 15.6. The quantitative estimate of drug-likeness (QED) is 0.787. The van der Waals surface area contributed by atoms with Crippen LogP contribution in [-0.4, -0.2) is 48.9 Å². The van der Waals surface area contributed by atoms with Crippen molar-refractivity contribution in [1.29, 1.82) is 0 Å². The lowest BCUT2D eigenvalue weighted by atomic mass is 10.2. The van der Waals surface area contributed by atoms with Crippen molar-refractivity contribution in [2.75, 3.05) is 31.5 Å². The van der Waals surface area contributed by atoms with E-state index in [9.17, 15) is 17.2 Å². The van der Waals surface area contributed by atoms with Crippen LogP contribution in [0.1, 0.15) is 5.56 Å². The molecule has 9 heteroatoms. The van der Waals surface area contributed by atoms with Gasteiger partial charge in [0.2, 0.25) is 10.0 Å². The van der Waals surface area contributed by atoms with Gasteiger partial charge in [0, 0.05) is 31.9 Å². The molecule has 1 heterocycles. The Balaban J connectivity index is 1.67. The summed E-state index contributed by atoms with van der Waals surface area (Å²) in [7, 11) is -4.10. The largest absolute Gasteiger partial charge is 0.346 e. The van der Waals surface area contributed by atoms with E-state index in [2.05, 4.69) is 5.32 Å². The molecule has 27 heavy (non-hydrogen) atoms. The highest BCUT2D eigenvalue weighted by molar-refractivity contribution is 7.89. The molecule has 0 unspecified atom stereocenters. The van der Waals surface area contributed by atoms with Gasteiger partial charge >= 0.3 is 0 Å². The molecule has 0 saturated carbocycles. The van der Waals surface area contributed by atoms with Gasteiger partial charge in [0.15, 0.2) is 5.11 Å². The fourth-order valence-electron chi connectivity index (χ4n) is 2.85. The Bertz CT molecular complexity index is 959. The van der Waals surface area contributed by atoms with E-state index < -0.39 is 26.6 Å². The lowest BCUT2D eigenvalue weighted by molar-refractivity contribution is 0.268. The summed E-state index contributed by atoms with van der Waals surface area (Å²) >= 11 is 5.42. The summed E-state index contributed by atoms with van der Waals surface area (Å²) in [5, 5.41) is 3.66. The number of aryl methyl sites for hydroxylation is 1. The average Bonchev–Trinajstić information content (AvgIpc) is 2.65. The Morgan fingerprint density at radius 1 is 1.07 bits per heavy atom. The molecular weight excluding hydrogens is 392 g/mol. The highest BCUT2D eigenvalue weighted by Crippen LogP contribution is 2.22. The average molecular weight is 411 g/mol. The maximum Gasteiger partial charge on any atom is 0.246 e. The smallest absolute Gasteiger partial charge is 0.246 e. The molecule has 1 fully saturated rings. The first kappa shape index (κ1) is 19.7. The van der Waals surface area contributed by atoms with Crippen molar-refractivity contribution in [3.8, 4) is 0 Å². The number of nitrogens with zero attached hydrogens (tertiary/aromatic N) is 2. The minimum Gasteiger partial charge on any atom is -0.346 e. The van der Waals surface area contributed by atoms with Crippen LogP contribution in [-0.2, 0) is 10.0 Å². The van der Waals surface area contributed by atoms with E-state index in [0.29, 0.717) is 24.3 Å². The third-order valence-electron chi connectivity index (χ3n) is 4.42. The van der Waals surface area contributed by atoms with Crippen LogP contribution in [0.3, 0.4) is 0 Å². The molecule has 144 valence electrons. The molecule has 5 nitrogen and oxygen atoms in total. The molecule has 0 amide bonds. The Hall–Kier alpha value is -2.10. The third-order valence-corrected chi connectivity index (χ3v) is 6.70. The summed E-state index contributed by atoms with van der Waals surface area (Å²) in [4.78, 5) is 1.21. The molecule has 0 spiro atoms. The number of nitrogens with one attached hydrogen (secondary N) is 1. The van der Waals surface area contributed by atoms with Crippen LogP contribution in [0.2, 0.25) is 0 Å². The van der Waals surface area contributed by atoms with Gasteiger partial charge in [-0.25, -0.2) is 17.2 Å². The van der Waals surface area contributed by atoms with Crippen LogP contribution in [0.25, 0.3) is 0 Å². The van der Waals surface area contributed by atoms with Gasteiger partial charge in [-0.05, 0) is 49.0 Å². The molecule has 3 rings (SSSR count). The number of piperazine rings is 1. The Labute approximate surface area is 162 Å². The van der Waals surface area contributed by atoms with Crippen LogP contribution in [0, 0.1) is 18.6 Å². The second-order valence-electron chi connectivity index (χ2n) is 6.21. The molecule has 0 bridgehead atoms. The first-order chi connectivity index (χ1) is 12.8. The first-order valence-corrected chi connectivity index (χ1v) is 10.2. The predicted molar refractivity (Wildman–Crippen MR) is 104 cm³/mol. The standard InChI is InChI=1S/C18H19F2N3O2S2/c1-13-4-2-3-5-16(13)21-18(26)22-8-10-23(11-9-22)27(24,25)17-12-14(19)6-7-15(17)20/h2-7,12H,8-11H2,1H3,(H,21,26). The van der Waals surface area contributed by atoms with E-state index in [1.807, 2.05) is 36.1 Å². The van der Waals surface area contributed by atoms with Gasteiger partial charge in [-0.2, -0.15) is 4.31 Å². The summed E-state index contributed by atoms with van der Waals surface area (Å²) in [5.74, 6) is -1.76. The van der Waals surface area contributed by atoms with E-state index in [0.717, 1.165) is 27.7 Å². The minimum atomic E-state index is -4.10. The molecule has 0 radical (unpaired) electrons. The monoisotopic (exact) mass is 411 g/mol. The van der Waals surface area contributed by atoms with Crippen molar-refractivity contribution in [1.82, 2.24) is 9.21 Å². The zero-order chi connectivity index (χ0) is 19.6. The van der Waals surface area contributed by atoms with Crippen molar-refractivity contribution in [2.24, 2.45) is 0 Å². The summed E-state index contributed by atoms with van der Waals surface area (Å²) < 4.78 is 53.7. The van der Waals surface area contributed by atoms with Crippen molar-refractivity contribution in [3.05, 3.63) is 59.7 Å². The van der Waals surface area contributed by atoms with Crippen LogP contribution in [0.4, 0.5) is 14.5 Å². The van der Waals surface area contributed by atoms with E-state index in [1.54, 1.807) is 0 Å². The third kappa shape index (κ3) is 4.26. The van der Waals surface area contributed by atoms with Crippen LogP contribution in [0.5, 0.6) is 0 Å². The zero-order valence-electron chi connectivity index (χ0n) is 14.7. The van der Waals surface area contributed by atoms with E-state index in [4.69, 9.17) is 12.2 Å². The topological polar surface area (TPSA) is 52.6 Å². The maximum absolute atomic E-state index is 13.9. The van der Waals surface area contributed by atoms with Gasteiger partial charge in [-0.1, -0.05) is 18.2 Å². The Morgan fingerprint density at radius 3 is 2.41 bits per heavy atom. The molecule has 1 N–H and O–H groups in total. The fourth-order valence-corrected chi connectivity index (χ4v) is 4.64. The second-order valence-corrected chi connectivity index (χ2v) is 8.50. The number of rotatable bonds is 3. The van der Waals surface area contributed by atoms with E-state index in [1.165, 1.54) is 0 Å². The van der Waals surface area contributed by atoms with Gasteiger partial charge in [-0.3, -0.25) is 0 Å². The zero-order valence-corrected chi connectivity index (χ0v) is 16.3. The van der Waals surface area contributed by atoms with Crippen LogP contribution < -0.4 is 5.32 Å². The van der Waals surface area contributed by atoms with E-state index in [-0.39, 0.29) is 13.1 Å². The Kier molecular flexibility index (Phi) is 5.73. The molecule has 2 aromatic rings. The molecule has 2 aromatic carbocycles. The van der Waals surface area contributed by atoms with Crippen LogP contribution in [0.15, 0.2) is 47.4 Å². The maximum atomic E-state index is 13.9. The molecule has 0 aromatic heterocycles. The van der Waals surface area contributed by atoms with Gasteiger partial charge in [0.25, 0.3) is 0 Å². The predicted octanol–water partition coefficient (Wildman–Crippen LogP) is 2.98. The molecule has 0 aliphatic carbocycles. The fraction of sp³-hybridized carbons (Fsp3) is 0.278. The van der Waals surface area contributed by atoms with Gasteiger partial charge in [0.1, 0.15) is 16.5 Å². The molecule has 0 atom stereocenters.